The third kappa shape index (κ3) is 3.97. The Morgan fingerprint density at radius 1 is 1.00 bits per heavy atom. The second-order valence-electron chi connectivity index (χ2n) is 7.69. The summed E-state index contributed by atoms with van der Waals surface area (Å²) in [7, 11) is 1.50. The molecular weight excluding hydrogens is 436 g/mol. The van der Waals surface area contributed by atoms with Gasteiger partial charge in [0.1, 0.15) is 12.3 Å². The molecule has 1 amide bonds. The zero-order chi connectivity index (χ0) is 23.7. The summed E-state index contributed by atoms with van der Waals surface area (Å²) >= 11 is 0. The molecule has 0 fully saturated rings. The van der Waals surface area contributed by atoms with E-state index in [1.807, 2.05) is 0 Å². The van der Waals surface area contributed by atoms with E-state index < -0.39 is 11.2 Å². The number of carbonyl (C=O) groups excluding carboxylic acids is 2. The zero-order valence-electron chi connectivity index (χ0n) is 18.2. The van der Waals surface area contributed by atoms with Crippen molar-refractivity contribution in [3.63, 3.8) is 0 Å². The maximum Gasteiger partial charge on any atom is 0.244 e. The van der Waals surface area contributed by atoms with Crippen molar-refractivity contribution in [2.45, 2.75) is 6.54 Å². The number of nitrogens with zero attached hydrogens (tertiary/aromatic N) is 1. The molecule has 170 valence electrons. The van der Waals surface area contributed by atoms with E-state index in [1.54, 1.807) is 71.3 Å². The van der Waals surface area contributed by atoms with Crippen LogP contribution in [-0.4, -0.2) is 30.2 Å². The number of fused-ring (bicyclic) bond motifs is 2. The van der Waals surface area contributed by atoms with Gasteiger partial charge in [0.05, 0.1) is 23.6 Å². The molecule has 4 aromatic rings. The summed E-state index contributed by atoms with van der Waals surface area (Å²) in [5.41, 5.74) is 0.995. The standard InChI is InChI=1S/C26H20N2O6/c1-32-18-8-9-21-19(12-18)26(31)20(25(30)16-5-3-2-4-6-16)13-28(21)14-24(29)27-17-7-10-22-23(11-17)34-15-33-22/h2-13H,14-15H2,1H3,(H,27,29). The Morgan fingerprint density at radius 3 is 2.59 bits per heavy atom. The molecule has 1 aromatic heterocycles. The van der Waals surface area contributed by atoms with Crippen LogP contribution in [0.15, 0.2) is 77.7 Å². The molecule has 1 N–H and O–H groups in total. The summed E-state index contributed by atoms with van der Waals surface area (Å²) in [5, 5.41) is 3.11. The fourth-order valence-corrected chi connectivity index (χ4v) is 3.87. The van der Waals surface area contributed by atoms with Crippen LogP contribution in [-0.2, 0) is 11.3 Å². The van der Waals surface area contributed by atoms with E-state index in [0.29, 0.717) is 34.0 Å². The minimum Gasteiger partial charge on any atom is -0.497 e. The molecule has 0 saturated heterocycles. The Kier molecular flexibility index (Phi) is 5.47. The molecule has 2 heterocycles. The molecule has 0 bridgehead atoms. The molecular formula is C26H20N2O6. The van der Waals surface area contributed by atoms with Crippen molar-refractivity contribution in [3.8, 4) is 17.2 Å². The summed E-state index contributed by atoms with van der Waals surface area (Å²) in [6, 6.07) is 18.6. The molecule has 0 unspecified atom stereocenters. The van der Waals surface area contributed by atoms with Gasteiger partial charge in [-0.15, -0.1) is 0 Å². The van der Waals surface area contributed by atoms with Crippen molar-refractivity contribution >= 4 is 28.3 Å². The van der Waals surface area contributed by atoms with Crippen molar-refractivity contribution < 1.29 is 23.8 Å². The molecule has 1 aliphatic heterocycles. The second-order valence-corrected chi connectivity index (χ2v) is 7.69. The lowest BCUT2D eigenvalue weighted by Gasteiger charge is -2.14. The van der Waals surface area contributed by atoms with Gasteiger partial charge in [-0.3, -0.25) is 14.4 Å². The molecule has 34 heavy (non-hydrogen) atoms. The quantitative estimate of drug-likeness (QED) is 0.446. The van der Waals surface area contributed by atoms with E-state index in [2.05, 4.69) is 5.32 Å². The van der Waals surface area contributed by atoms with Gasteiger partial charge < -0.3 is 24.1 Å². The van der Waals surface area contributed by atoms with Crippen LogP contribution in [0.2, 0.25) is 0 Å². The highest BCUT2D eigenvalue weighted by Gasteiger charge is 2.19. The van der Waals surface area contributed by atoms with Gasteiger partial charge in [0.2, 0.25) is 18.1 Å². The van der Waals surface area contributed by atoms with E-state index in [-0.39, 0.29) is 30.2 Å². The number of rotatable bonds is 6. The zero-order valence-corrected chi connectivity index (χ0v) is 18.2. The number of aromatic nitrogens is 1. The van der Waals surface area contributed by atoms with Gasteiger partial charge >= 0.3 is 0 Å². The molecule has 0 radical (unpaired) electrons. The second kappa shape index (κ2) is 8.74. The number of ether oxygens (including phenoxy) is 3. The van der Waals surface area contributed by atoms with Gasteiger partial charge in [-0.1, -0.05) is 30.3 Å². The van der Waals surface area contributed by atoms with Crippen LogP contribution in [0.3, 0.4) is 0 Å². The minimum absolute atomic E-state index is 0.0252. The molecule has 5 rings (SSSR count). The first-order chi connectivity index (χ1) is 16.5. The number of carbonyl (C=O) groups is 2. The molecule has 8 heteroatoms. The SMILES string of the molecule is COc1ccc2c(c1)c(=O)c(C(=O)c1ccccc1)cn2CC(=O)Nc1ccc2c(c1)OCO2. The fourth-order valence-electron chi connectivity index (χ4n) is 3.87. The predicted molar refractivity (Wildman–Crippen MR) is 126 cm³/mol. The predicted octanol–water partition coefficient (Wildman–Crippen LogP) is 3.61. The van der Waals surface area contributed by atoms with E-state index in [9.17, 15) is 14.4 Å². The van der Waals surface area contributed by atoms with Crippen LogP contribution < -0.4 is 25.0 Å². The van der Waals surface area contributed by atoms with Crippen LogP contribution in [0, 0.1) is 0 Å². The van der Waals surface area contributed by atoms with E-state index in [0.717, 1.165) is 0 Å². The summed E-state index contributed by atoms with van der Waals surface area (Å²) in [6.45, 7) is 0.0183. The number of amides is 1. The number of methoxy groups -OCH3 is 1. The molecule has 3 aromatic carbocycles. The minimum atomic E-state index is -0.421. The van der Waals surface area contributed by atoms with Crippen molar-refractivity contribution in [1.82, 2.24) is 4.57 Å². The highest BCUT2D eigenvalue weighted by molar-refractivity contribution is 6.10. The van der Waals surface area contributed by atoms with Crippen molar-refractivity contribution in [1.29, 1.82) is 0 Å². The number of hydrogen-bond acceptors (Lipinski definition) is 6. The normalized spacial score (nSPS) is 11.9. The Bertz CT molecular complexity index is 1480. The summed E-state index contributed by atoms with van der Waals surface area (Å²) in [6.07, 6.45) is 1.44. The molecule has 0 aliphatic carbocycles. The van der Waals surface area contributed by atoms with Gasteiger partial charge in [0, 0.05) is 23.5 Å². The monoisotopic (exact) mass is 456 g/mol. The largest absolute Gasteiger partial charge is 0.497 e. The van der Waals surface area contributed by atoms with Crippen LogP contribution in [0.25, 0.3) is 10.9 Å². The molecule has 0 saturated carbocycles. The lowest BCUT2D eigenvalue weighted by atomic mass is 10.0. The number of anilines is 1. The molecule has 0 spiro atoms. The maximum atomic E-state index is 13.2. The first kappa shape index (κ1) is 21.3. The van der Waals surface area contributed by atoms with E-state index in [1.165, 1.54) is 13.3 Å². The Balaban J connectivity index is 1.52. The average molecular weight is 456 g/mol. The number of hydrogen-bond donors (Lipinski definition) is 1. The van der Waals surface area contributed by atoms with Gasteiger partial charge in [-0.2, -0.15) is 0 Å². The van der Waals surface area contributed by atoms with Crippen LogP contribution >= 0.6 is 0 Å². The van der Waals surface area contributed by atoms with E-state index >= 15 is 0 Å². The Labute approximate surface area is 194 Å². The van der Waals surface area contributed by atoms with Crippen LogP contribution in [0.5, 0.6) is 17.2 Å². The first-order valence-corrected chi connectivity index (χ1v) is 10.5. The number of ketones is 1. The summed E-state index contributed by atoms with van der Waals surface area (Å²) in [4.78, 5) is 39.3. The number of benzene rings is 3. The van der Waals surface area contributed by atoms with Crippen molar-refractivity contribution in [2.75, 3.05) is 19.2 Å². The van der Waals surface area contributed by atoms with Crippen LogP contribution in [0.4, 0.5) is 5.69 Å². The van der Waals surface area contributed by atoms with E-state index in [4.69, 9.17) is 14.2 Å². The average Bonchev–Trinajstić information content (AvgIpc) is 3.33. The number of nitrogens with one attached hydrogen (secondary N) is 1. The Morgan fingerprint density at radius 2 is 1.79 bits per heavy atom. The molecule has 8 nitrogen and oxygen atoms in total. The highest BCUT2D eigenvalue weighted by atomic mass is 16.7. The third-order valence-electron chi connectivity index (χ3n) is 5.54. The topological polar surface area (TPSA) is 95.9 Å². The highest BCUT2D eigenvalue weighted by Crippen LogP contribution is 2.34. The van der Waals surface area contributed by atoms with Gasteiger partial charge in [0.25, 0.3) is 0 Å². The van der Waals surface area contributed by atoms with Crippen LogP contribution in [0.1, 0.15) is 15.9 Å². The lowest BCUT2D eigenvalue weighted by molar-refractivity contribution is -0.116. The molecule has 0 atom stereocenters. The number of pyridine rings is 1. The van der Waals surface area contributed by atoms with Gasteiger partial charge in [-0.25, -0.2) is 0 Å². The maximum absolute atomic E-state index is 13.2. The fraction of sp³-hybridized carbons (Fsp3) is 0.115. The smallest absolute Gasteiger partial charge is 0.244 e. The van der Waals surface area contributed by atoms with Gasteiger partial charge in [0.15, 0.2) is 17.3 Å². The Hall–Kier alpha value is -4.59. The summed E-state index contributed by atoms with van der Waals surface area (Å²) < 4.78 is 17.5. The molecule has 1 aliphatic rings. The van der Waals surface area contributed by atoms with Crippen molar-refractivity contribution in [3.05, 3.63) is 94.3 Å². The van der Waals surface area contributed by atoms with Gasteiger partial charge in [-0.05, 0) is 30.3 Å². The lowest BCUT2D eigenvalue weighted by Crippen LogP contribution is -2.24. The van der Waals surface area contributed by atoms with Crippen molar-refractivity contribution in [2.24, 2.45) is 0 Å². The summed E-state index contributed by atoms with van der Waals surface area (Å²) in [5.74, 6) is 0.889. The third-order valence-corrected chi connectivity index (χ3v) is 5.54. The first-order valence-electron chi connectivity index (χ1n) is 10.5.